The molecule has 0 aromatic rings. The molecule has 0 aromatic heterocycles. The van der Waals surface area contributed by atoms with E-state index in [0.717, 1.165) is 19.3 Å². The first kappa shape index (κ1) is 15.1. The number of hydrogen-bond acceptors (Lipinski definition) is 5. The lowest BCUT2D eigenvalue weighted by Crippen LogP contribution is -2.57. The van der Waals surface area contributed by atoms with E-state index in [1.165, 1.54) is 0 Å². The van der Waals surface area contributed by atoms with Gasteiger partial charge in [-0.15, -0.1) is 0 Å². The summed E-state index contributed by atoms with van der Waals surface area (Å²) in [5.74, 6) is -1.11. The maximum absolute atomic E-state index is 12.4. The highest BCUT2D eigenvalue weighted by Crippen LogP contribution is 2.45. The van der Waals surface area contributed by atoms with Crippen molar-refractivity contribution >= 4 is 6.09 Å². The number of nitrogens with zero attached hydrogens (tertiary/aromatic N) is 1. The monoisotopic (exact) mass is 299 g/mol. The Labute approximate surface area is 125 Å². The summed E-state index contributed by atoms with van der Waals surface area (Å²) in [6.45, 7) is 9.38. The lowest BCUT2D eigenvalue weighted by molar-refractivity contribution is -0.385. The molecule has 3 fully saturated rings. The van der Waals surface area contributed by atoms with Gasteiger partial charge in [-0.2, -0.15) is 0 Å². The van der Waals surface area contributed by atoms with Crippen molar-refractivity contribution in [2.24, 2.45) is 0 Å². The SMILES string of the molecule is CC(C)(C)OC(=O)N1CCC[C@H]1C12OCCC(C)(CO1)O2. The first-order chi connectivity index (χ1) is 9.73. The van der Waals surface area contributed by atoms with Crippen LogP contribution in [0.3, 0.4) is 0 Å². The third-order valence-corrected chi connectivity index (χ3v) is 4.19. The summed E-state index contributed by atoms with van der Waals surface area (Å²) >= 11 is 0. The van der Waals surface area contributed by atoms with Crippen LogP contribution in [-0.2, 0) is 18.9 Å². The average molecular weight is 299 g/mol. The molecule has 0 aromatic carbocycles. The van der Waals surface area contributed by atoms with Gasteiger partial charge < -0.3 is 18.9 Å². The maximum Gasteiger partial charge on any atom is 0.410 e. The first-order valence-corrected chi connectivity index (χ1v) is 7.71. The molecule has 3 atom stereocenters. The Bertz CT molecular complexity index is 434. The summed E-state index contributed by atoms with van der Waals surface area (Å²) in [4.78, 5) is 14.1. The van der Waals surface area contributed by atoms with Crippen LogP contribution in [0.1, 0.15) is 47.0 Å². The first-order valence-electron chi connectivity index (χ1n) is 7.71. The zero-order valence-corrected chi connectivity index (χ0v) is 13.3. The highest BCUT2D eigenvalue weighted by molar-refractivity contribution is 5.69. The minimum absolute atomic E-state index is 0.241. The van der Waals surface area contributed by atoms with Crippen molar-refractivity contribution in [3.8, 4) is 0 Å². The van der Waals surface area contributed by atoms with Gasteiger partial charge in [-0.3, -0.25) is 4.90 Å². The van der Waals surface area contributed by atoms with E-state index < -0.39 is 11.6 Å². The minimum atomic E-state index is -1.11. The smallest absolute Gasteiger partial charge is 0.410 e. The molecule has 0 radical (unpaired) electrons. The highest BCUT2D eigenvalue weighted by Gasteiger charge is 2.60. The van der Waals surface area contributed by atoms with E-state index in [2.05, 4.69) is 0 Å². The molecule has 2 bridgehead atoms. The second-order valence-corrected chi connectivity index (χ2v) is 7.37. The van der Waals surface area contributed by atoms with Crippen molar-refractivity contribution in [1.29, 1.82) is 0 Å². The molecule has 3 saturated heterocycles. The number of fused-ring (bicyclic) bond motifs is 2. The van der Waals surface area contributed by atoms with Gasteiger partial charge in [0.25, 0.3) is 0 Å². The van der Waals surface area contributed by atoms with E-state index in [1.54, 1.807) is 4.90 Å². The molecule has 1 amide bonds. The Kier molecular flexibility index (Phi) is 3.46. The van der Waals surface area contributed by atoms with E-state index in [0.29, 0.717) is 19.8 Å². The van der Waals surface area contributed by atoms with Crippen LogP contribution in [0.25, 0.3) is 0 Å². The average Bonchev–Trinajstić information content (AvgIpc) is 2.92. The zero-order chi connectivity index (χ0) is 15.3. The molecule has 3 aliphatic heterocycles. The zero-order valence-electron chi connectivity index (χ0n) is 13.3. The van der Waals surface area contributed by atoms with Crippen LogP contribution in [-0.4, -0.2) is 54.0 Å². The van der Waals surface area contributed by atoms with Gasteiger partial charge in [-0.25, -0.2) is 4.79 Å². The van der Waals surface area contributed by atoms with Gasteiger partial charge >= 0.3 is 12.1 Å². The topological polar surface area (TPSA) is 57.2 Å². The molecule has 0 aliphatic carbocycles. The largest absolute Gasteiger partial charge is 0.444 e. The van der Waals surface area contributed by atoms with Gasteiger partial charge in [0.05, 0.1) is 18.8 Å². The van der Waals surface area contributed by atoms with Crippen molar-refractivity contribution in [2.75, 3.05) is 19.8 Å². The van der Waals surface area contributed by atoms with E-state index >= 15 is 0 Å². The third kappa shape index (κ3) is 2.76. The van der Waals surface area contributed by atoms with Crippen LogP contribution in [0.2, 0.25) is 0 Å². The standard InChI is InChI=1S/C15H25NO5/c1-13(2,3)20-12(17)16-8-5-6-11(16)15-18-9-7-14(4,21-15)10-19-15/h11H,5-10H2,1-4H3/t11-,14?,15?/m0/s1. The molecule has 6 nitrogen and oxygen atoms in total. The number of likely N-dealkylation sites (tertiary alicyclic amines) is 1. The quantitative estimate of drug-likeness (QED) is 0.743. The highest BCUT2D eigenvalue weighted by atomic mass is 16.9. The lowest BCUT2D eigenvalue weighted by Gasteiger charge is -2.41. The molecule has 6 heteroatoms. The van der Waals surface area contributed by atoms with Crippen LogP contribution in [0.5, 0.6) is 0 Å². The van der Waals surface area contributed by atoms with E-state index in [1.807, 2.05) is 27.7 Å². The molecule has 3 rings (SSSR count). The molecular formula is C15H25NO5. The van der Waals surface area contributed by atoms with E-state index in [-0.39, 0.29) is 17.7 Å². The van der Waals surface area contributed by atoms with Crippen molar-refractivity contribution in [3.63, 3.8) is 0 Å². The van der Waals surface area contributed by atoms with Crippen molar-refractivity contribution in [1.82, 2.24) is 4.90 Å². The number of hydrogen-bond donors (Lipinski definition) is 0. The number of ether oxygens (including phenoxy) is 4. The van der Waals surface area contributed by atoms with Gasteiger partial charge in [-0.05, 0) is 40.5 Å². The predicted octanol–water partition coefficient (Wildman–Crippen LogP) is 2.27. The van der Waals surface area contributed by atoms with Crippen LogP contribution < -0.4 is 0 Å². The second-order valence-electron chi connectivity index (χ2n) is 7.37. The molecule has 3 aliphatic rings. The fourth-order valence-corrected chi connectivity index (χ4v) is 3.19. The molecule has 0 N–H and O–H groups in total. The van der Waals surface area contributed by atoms with Crippen molar-refractivity contribution < 1.29 is 23.7 Å². The van der Waals surface area contributed by atoms with Gasteiger partial charge in [0.15, 0.2) is 0 Å². The van der Waals surface area contributed by atoms with Gasteiger partial charge in [0, 0.05) is 13.0 Å². The summed E-state index contributed by atoms with van der Waals surface area (Å²) < 4.78 is 23.3. The molecule has 2 unspecified atom stereocenters. The number of carbonyl (C=O) groups excluding carboxylic acids is 1. The van der Waals surface area contributed by atoms with Crippen LogP contribution in [0, 0.1) is 0 Å². The fraction of sp³-hybridized carbons (Fsp3) is 0.933. The van der Waals surface area contributed by atoms with E-state index in [9.17, 15) is 4.79 Å². The van der Waals surface area contributed by atoms with Crippen LogP contribution in [0.4, 0.5) is 4.79 Å². The maximum atomic E-state index is 12.4. The van der Waals surface area contributed by atoms with Gasteiger partial charge in [0.1, 0.15) is 11.6 Å². The fourth-order valence-electron chi connectivity index (χ4n) is 3.19. The summed E-state index contributed by atoms with van der Waals surface area (Å²) in [6.07, 6.45) is 2.19. The third-order valence-electron chi connectivity index (χ3n) is 4.19. The minimum Gasteiger partial charge on any atom is -0.444 e. The van der Waals surface area contributed by atoms with Crippen molar-refractivity contribution in [3.05, 3.63) is 0 Å². The molecule has 0 saturated carbocycles. The Morgan fingerprint density at radius 3 is 2.81 bits per heavy atom. The number of carbonyl (C=O) groups is 1. The van der Waals surface area contributed by atoms with Gasteiger partial charge in [0.2, 0.25) is 0 Å². The number of rotatable bonds is 1. The van der Waals surface area contributed by atoms with E-state index in [4.69, 9.17) is 18.9 Å². The predicted molar refractivity (Wildman–Crippen MR) is 74.7 cm³/mol. The Balaban J connectivity index is 1.77. The molecule has 21 heavy (non-hydrogen) atoms. The molecular weight excluding hydrogens is 274 g/mol. The van der Waals surface area contributed by atoms with Crippen LogP contribution >= 0.6 is 0 Å². The Morgan fingerprint density at radius 1 is 1.33 bits per heavy atom. The lowest BCUT2D eigenvalue weighted by atomic mass is 10.0. The summed E-state index contributed by atoms with van der Waals surface area (Å²) in [6, 6.07) is -0.241. The van der Waals surface area contributed by atoms with Crippen LogP contribution in [0.15, 0.2) is 0 Å². The summed E-state index contributed by atoms with van der Waals surface area (Å²) in [5, 5.41) is 0. The molecule has 3 heterocycles. The second kappa shape index (κ2) is 4.83. The van der Waals surface area contributed by atoms with Gasteiger partial charge in [-0.1, -0.05) is 0 Å². The molecule has 120 valence electrons. The molecule has 0 spiro atoms. The number of amides is 1. The summed E-state index contributed by atoms with van der Waals surface area (Å²) in [7, 11) is 0. The summed E-state index contributed by atoms with van der Waals surface area (Å²) in [5.41, 5.74) is -0.818. The Hall–Kier alpha value is -0.850. The Morgan fingerprint density at radius 2 is 2.10 bits per heavy atom. The normalized spacial score (nSPS) is 39.6. The van der Waals surface area contributed by atoms with Crippen molar-refractivity contribution in [2.45, 2.75) is 70.2 Å².